The minimum atomic E-state index is -2.52. The molecule has 0 bridgehead atoms. The SMILES string of the molecule is Cc1cccc(C(F)F)c1C(C)C=O. The van der Waals surface area contributed by atoms with Gasteiger partial charge >= 0.3 is 0 Å². The van der Waals surface area contributed by atoms with Crippen molar-refractivity contribution >= 4 is 6.29 Å². The Kier molecular flexibility index (Phi) is 3.33. The van der Waals surface area contributed by atoms with Crippen LogP contribution in [0.5, 0.6) is 0 Å². The summed E-state index contributed by atoms with van der Waals surface area (Å²) in [4.78, 5) is 10.6. The van der Waals surface area contributed by atoms with Gasteiger partial charge in [0.05, 0.1) is 0 Å². The Labute approximate surface area is 81.7 Å². The molecule has 0 spiro atoms. The summed E-state index contributed by atoms with van der Waals surface area (Å²) < 4.78 is 25.2. The molecule has 14 heavy (non-hydrogen) atoms. The second-order valence-corrected chi connectivity index (χ2v) is 3.30. The smallest absolute Gasteiger partial charge is 0.264 e. The zero-order valence-electron chi connectivity index (χ0n) is 8.13. The maximum Gasteiger partial charge on any atom is 0.264 e. The van der Waals surface area contributed by atoms with Gasteiger partial charge in [0, 0.05) is 11.5 Å². The lowest BCUT2D eigenvalue weighted by Crippen LogP contribution is -2.03. The van der Waals surface area contributed by atoms with Crippen LogP contribution in [0.1, 0.15) is 36.0 Å². The van der Waals surface area contributed by atoms with E-state index in [2.05, 4.69) is 0 Å². The van der Waals surface area contributed by atoms with E-state index in [1.807, 2.05) is 0 Å². The summed E-state index contributed by atoms with van der Waals surface area (Å²) in [5.41, 5.74) is 1.16. The van der Waals surface area contributed by atoms with E-state index >= 15 is 0 Å². The van der Waals surface area contributed by atoms with Crippen molar-refractivity contribution in [2.45, 2.75) is 26.2 Å². The number of rotatable bonds is 3. The van der Waals surface area contributed by atoms with Gasteiger partial charge in [-0.3, -0.25) is 0 Å². The lowest BCUT2D eigenvalue weighted by atomic mass is 9.92. The molecule has 0 aliphatic heterocycles. The van der Waals surface area contributed by atoms with Gasteiger partial charge in [-0.05, 0) is 18.1 Å². The lowest BCUT2D eigenvalue weighted by molar-refractivity contribution is -0.108. The maximum absolute atomic E-state index is 12.6. The molecule has 0 fully saturated rings. The summed E-state index contributed by atoms with van der Waals surface area (Å²) in [6.45, 7) is 3.36. The number of aldehydes is 1. The van der Waals surface area contributed by atoms with Crippen molar-refractivity contribution in [3.05, 3.63) is 34.9 Å². The average molecular weight is 198 g/mol. The molecule has 0 N–H and O–H groups in total. The van der Waals surface area contributed by atoms with E-state index in [1.54, 1.807) is 26.0 Å². The Hall–Kier alpha value is -1.25. The molecule has 1 nitrogen and oxygen atoms in total. The number of halogens is 2. The number of carbonyl (C=O) groups excluding carboxylic acids is 1. The zero-order valence-corrected chi connectivity index (χ0v) is 8.13. The topological polar surface area (TPSA) is 17.1 Å². The first-order chi connectivity index (χ1) is 6.57. The Morgan fingerprint density at radius 1 is 1.36 bits per heavy atom. The number of aryl methyl sites for hydroxylation is 1. The van der Waals surface area contributed by atoms with E-state index in [-0.39, 0.29) is 5.56 Å². The zero-order chi connectivity index (χ0) is 10.7. The van der Waals surface area contributed by atoms with Gasteiger partial charge in [0.25, 0.3) is 6.43 Å². The van der Waals surface area contributed by atoms with Gasteiger partial charge < -0.3 is 4.79 Å². The third-order valence-electron chi connectivity index (χ3n) is 2.25. The van der Waals surface area contributed by atoms with E-state index in [0.717, 1.165) is 5.56 Å². The van der Waals surface area contributed by atoms with Gasteiger partial charge in [-0.25, -0.2) is 8.78 Å². The second kappa shape index (κ2) is 4.31. The molecule has 0 aliphatic rings. The van der Waals surface area contributed by atoms with Gasteiger partial charge in [0.1, 0.15) is 6.29 Å². The van der Waals surface area contributed by atoms with Crippen LogP contribution in [-0.4, -0.2) is 6.29 Å². The fraction of sp³-hybridized carbons (Fsp3) is 0.364. The minimum Gasteiger partial charge on any atom is -0.303 e. The first-order valence-corrected chi connectivity index (χ1v) is 4.40. The fourth-order valence-electron chi connectivity index (χ4n) is 1.58. The van der Waals surface area contributed by atoms with Crippen molar-refractivity contribution in [3.63, 3.8) is 0 Å². The van der Waals surface area contributed by atoms with Crippen molar-refractivity contribution in [3.8, 4) is 0 Å². The molecule has 1 atom stereocenters. The van der Waals surface area contributed by atoms with Gasteiger partial charge in [-0.15, -0.1) is 0 Å². The number of alkyl halides is 2. The summed E-state index contributed by atoms with van der Waals surface area (Å²) in [5.74, 6) is -0.472. The summed E-state index contributed by atoms with van der Waals surface area (Å²) >= 11 is 0. The summed E-state index contributed by atoms with van der Waals surface area (Å²) in [6, 6.07) is 4.69. The van der Waals surface area contributed by atoms with E-state index in [0.29, 0.717) is 11.8 Å². The maximum atomic E-state index is 12.6. The highest BCUT2D eigenvalue weighted by atomic mass is 19.3. The van der Waals surface area contributed by atoms with Crippen LogP contribution < -0.4 is 0 Å². The summed E-state index contributed by atoms with van der Waals surface area (Å²) in [7, 11) is 0. The normalized spacial score (nSPS) is 12.9. The first-order valence-electron chi connectivity index (χ1n) is 4.40. The molecule has 1 rings (SSSR count). The Bertz CT molecular complexity index is 334. The third kappa shape index (κ3) is 1.97. The quantitative estimate of drug-likeness (QED) is 0.681. The lowest BCUT2D eigenvalue weighted by Gasteiger charge is -2.14. The predicted octanol–water partition coefficient (Wildman–Crippen LogP) is 3.24. The van der Waals surface area contributed by atoms with E-state index in [4.69, 9.17) is 0 Å². The average Bonchev–Trinajstić information content (AvgIpc) is 2.16. The van der Waals surface area contributed by atoms with Crippen molar-refractivity contribution < 1.29 is 13.6 Å². The number of carbonyl (C=O) groups is 1. The predicted molar refractivity (Wildman–Crippen MR) is 50.6 cm³/mol. The molecule has 0 aromatic heterocycles. The van der Waals surface area contributed by atoms with Gasteiger partial charge in [0.2, 0.25) is 0 Å². The monoisotopic (exact) mass is 198 g/mol. The van der Waals surface area contributed by atoms with Crippen LogP contribution in [0.4, 0.5) is 8.78 Å². The molecule has 0 heterocycles. The molecular weight excluding hydrogens is 186 g/mol. The Morgan fingerprint density at radius 3 is 2.50 bits per heavy atom. The van der Waals surface area contributed by atoms with Crippen LogP contribution in [0.15, 0.2) is 18.2 Å². The van der Waals surface area contributed by atoms with Crippen molar-refractivity contribution in [2.75, 3.05) is 0 Å². The van der Waals surface area contributed by atoms with Crippen molar-refractivity contribution in [2.24, 2.45) is 0 Å². The third-order valence-corrected chi connectivity index (χ3v) is 2.25. The summed E-state index contributed by atoms with van der Waals surface area (Å²) in [5, 5.41) is 0. The number of hydrogen-bond donors (Lipinski definition) is 0. The van der Waals surface area contributed by atoms with Crippen LogP contribution in [-0.2, 0) is 4.79 Å². The van der Waals surface area contributed by atoms with E-state index in [9.17, 15) is 13.6 Å². The fourth-order valence-corrected chi connectivity index (χ4v) is 1.58. The van der Waals surface area contributed by atoms with Crippen LogP contribution in [0.2, 0.25) is 0 Å². The highest BCUT2D eigenvalue weighted by molar-refractivity contribution is 5.64. The molecular formula is C11H12F2O. The molecule has 0 aliphatic carbocycles. The van der Waals surface area contributed by atoms with Gasteiger partial charge in [-0.1, -0.05) is 25.1 Å². The van der Waals surface area contributed by atoms with Crippen molar-refractivity contribution in [1.29, 1.82) is 0 Å². The molecule has 1 aromatic rings. The van der Waals surface area contributed by atoms with Crippen LogP contribution >= 0.6 is 0 Å². The largest absolute Gasteiger partial charge is 0.303 e. The number of benzene rings is 1. The van der Waals surface area contributed by atoms with Gasteiger partial charge in [-0.2, -0.15) is 0 Å². The highest BCUT2D eigenvalue weighted by Gasteiger charge is 2.18. The van der Waals surface area contributed by atoms with Crippen LogP contribution in [0.3, 0.4) is 0 Å². The molecule has 1 aromatic carbocycles. The molecule has 76 valence electrons. The molecule has 1 unspecified atom stereocenters. The standard InChI is InChI=1S/C11H12F2O/c1-7-4-3-5-9(11(12)13)10(7)8(2)6-14/h3-6,8,11H,1-2H3. The van der Waals surface area contributed by atoms with Crippen molar-refractivity contribution in [1.82, 2.24) is 0 Å². The van der Waals surface area contributed by atoms with Gasteiger partial charge in [0.15, 0.2) is 0 Å². The molecule has 0 saturated carbocycles. The molecule has 0 radical (unpaired) electrons. The molecule has 0 amide bonds. The highest BCUT2D eigenvalue weighted by Crippen LogP contribution is 2.29. The Morgan fingerprint density at radius 2 is 2.00 bits per heavy atom. The molecule has 0 saturated heterocycles. The van der Waals surface area contributed by atoms with Crippen LogP contribution in [0, 0.1) is 6.92 Å². The van der Waals surface area contributed by atoms with Crippen LogP contribution in [0.25, 0.3) is 0 Å². The Balaban J connectivity index is 3.28. The second-order valence-electron chi connectivity index (χ2n) is 3.30. The van der Waals surface area contributed by atoms with E-state index in [1.165, 1.54) is 6.07 Å². The summed E-state index contributed by atoms with van der Waals surface area (Å²) in [6.07, 6.45) is -1.83. The first kappa shape index (κ1) is 10.8. The molecule has 3 heteroatoms. The number of hydrogen-bond acceptors (Lipinski definition) is 1. The van der Waals surface area contributed by atoms with E-state index < -0.39 is 12.3 Å². The minimum absolute atomic E-state index is 0.0374.